The molecule has 32 heavy (non-hydrogen) atoms. The Hall–Kier alpha value is -3.11. The van der Waals surface area contributed by atoms with Crippen LogP contribution in [0.2, 0.25) is 0 Å². The summed E-state index contributed by atoms with van der Waals surface area (Å²) in [6.45, 7) is 9.50. The van der Waals surface area contributed by atoms with Crippen LogP contribution in [0.1, 0.15) is 32.2 Å². The van der Waals surface area contributed by atoms with Crippen LogP contribution in [0.15, 0.2) is 39.9 Å². The lowest BCUT2D eigenvalue weighted by atomic mass is 9.87. The highest BCUT2D eigenvalue weighted by molar-refractivity contribution is 7.22. The maximum absolute atomic E-state index is 13.0. The molecule has 1 saturated heterocycles. The first-order valence-electron chi connectivity index (χ1n) is 10.5. The van der Waals surface area contributed by atoms with E-state index in [0.717, 1.165) is 23.8 Å². The van der Waals surface area contributed by atoms with Crippen molar-refractivity contribution < 1.29 is 9.26 Å². The van der Waals surface area contributed by atoms with Gasteiger partial charge in [-0.25, -0.2) is 4.98 Å². The Balaban J connectivity index is 1.37. The molecule has 4 aromatic rings. The van der Waals surface area contributed by atoms with Crippen molar-refractivity contribution in [1.29, 1.82) is 0 Å². The molecule has 1 aliphatic heterocycles. The molecule has 0 bridgehead atoms. The third-order valence-electron chi connectivity index (χ3n) is 5.44. The van der Waals surface area contributed by atoms with Crippen molar-refractivity contribution in [2.45, 2.75) is 32.7 Å². The van der Waals surface area contributed by atoms with E-state index in [1.54, 1.807) is 0 Å². The van der Waals surface area contributed by atoms with Crippen LogP contribution in [0.25, 0.3) is 21.7 Å². The van der Waals surface area contributed by atoms with Crippen LogP contribution < -0.4 is 10.5 Å². The Bertz CT molecular complexity index is 1300. The number of morpholine rings is 1. The second-order valence-corrected chi connectivity index (χ2v) is 9.74. The first-order valence-corrected chi connectivity index (χ1v) is 11.3. The van der Waals surface area contributed by atoms with Crippen molar-refractivity contribution in [2.75, 3.05) is 31.2 Å². The van der Waals surface area contributed by atoms with Gasteiger partial charge in [0, 0.05) is 18.7 Å². The molecule has 5 rings (SSSR count). The van der Waals surface area contributed by atoms with Crippen molar-refractivity contribution in [3.8, 4) is 11.4 Å². The molecule has 0 aliphatic carbocycles. The first-order chi connectivity index (χ1) is 15.4. The summed E-state index contributed by atoms with van der Waals surface area (Å²) in [5.74, 6) is 0.844. The van der Waals surface area contributed by atoms with Crippen molar-refractivity contribution in [3.05, 3.63) is 52.4 Å². The topological polar surface area (TPSA) is 99.2 Å². The second-order valence-electron chi connectivity index (χ2n) is 8.77. The smallest absolute Gasteiger partial charge is 0.273 e. The Morgan fingerprint density at radius 2 is 1.84 bits per heavy atom. The van der Waals surface area contributed by atoms with Gasteiger partial charge in [0.05, 0.1) is 13.2 Å². The number of hydrogen-bond acceptors (Lipinski definition) is 9. The average Bonchev–Trinajstić information content (AvgIpc) is 3.44. The molecule has 1 fully saturated rings. The van der Waals surface area contributed by atoms with Crippen molar-refractivity contribution >= 4 is 26.8 Å². The molecule has 0 spiro atoms. The van der Waals surface area contributed by atoms with Crippen LogP contribution in [-0.2, 0) is 16.7 Å². The molecule has 166 valence electrons. The number of hydrogen-bond donors (Lipinski definition) is 0. The van der Waals surface area contributed by atoms with Crippen LogP contribution in [0, 0.1) is 0 Å². The molecule has 0 saturated carbocycles. The van der Waals surface area contributed by atoms with Crippen LogP contribution >= 0.6 is 11.3 Å². The molecule has 1 aliphatic rings. The van der Waals surface area contributed by atoms with E-state index in [2.05, 4.69) is 57.9 Å². The number of rotatable bonds is 4. The minimum Gasteiger partial charge on any atom is -0.378 e. The van der Waals surface area contributed by atoms with Gasteiger partial charge < -0.3 is 14.2 Å². The predicted molar refractivity (Wildman–Crippen MR) is 122 cm³/mol. The van der Waals surface area contributed by atoms with Gasteiger partial charge in [-0.1, -0.05) is 61.5 Å². The number of fused-ring (bicyclic) bond motifs is 1. The third-order valence-corrected chi connectivity index (χ3v) is 6.53. The van der Waals surface area contributed by atoms with E-state index in [-0.39, 0.29) is 17.5 Å². The fourth-order valence-electron chi connectivity index (χ4n) is 3.54. The average molecular weight is 453 g/mol. The van der Waals surface area contributed by atoms with Crippen LogP contribution in [0.5, 0.6) is 0 Å². The number of ether oxygens (including phenoxy) is 1. The molecule has 0 N–H and O–H groups in total. The van der Waals surface area contributed by atoms with E-state index in [9.17, 15) is 4.79 Å². The van der Waals surface area contributed by atoms with E-state index in [0.29, 0.717) is 35.3 Å². The van der Waals surface area contributed by atoms with Gasteiger partial charge in [0.15, 0.2) is 10.8 Å². The summed E-state index contributed by atoms with van der Waals surface area (Å²) in [7, 11) is 0. The highest BCUT2D eigenvalue weighted by atomic mass is 32.1. The van der Waals surface area contributed by atoms with Gasteiger partial charge in [0.2, 0.25) is 11.7 Å². The molecule has 0 radical (unpaired) electrons. The zero-order valence-corrected chi connectivity index (χ0v) is 19.1. The summed E-state index contributed by atoms with van der Waals surface area (Å²) >= 11 is 1.36. The molecule has 4 heterocycles. The Kier molecular flexibility index (Phi) is 5.26. The van der Waals surface area contributed by atoms with Gasteiger partial charge in [-0.2, -0.15) is 9.97 Å². The molecule has 0 amide bonds. The van der Waals surface area contributed by atoms with Gasteiger partial charge in [-0.05, 0) is 11.0 Å². The van der Waals surface area contributed by atoms with Crippen molar-refractivity contribution in [2.24, 2.45) is 0 Å². The number of nitrogens with zero attached hydrogens (tertiary/aromatic N) is 6. The molecule has 9 nitrogen and oxygen atoms in total. The minimum atomic E-state index is -0.165. The van der Waals surface area contributed by atoms with Gasteiger partial charge in [-0.3, -0.25) is 9.36 Å². The Morgan fingerprint density at radius 3 is 2.56 bits per heavy atom. The molecular weight excluding hydrogens is 428 g/mol. The lowest BCUT2D eigenvalue weighted by Crippen LogP contribution is -2.36. The van der Waals surface area contributed by atoms with E-state index < -0.39 is 0 Å². The van der Waals surface area contributed by atoms with Gasteiger partial charge >= 0.3 is 0 Å². The third kappa shape index (κ3) is 4.03. The lowest BCUT2D eigenvalue weighted by Gasteiger charge is -2.25. The largest absolute Gasteiger partial charge is 0.378 e. The summed E-state index contributed by atoms with van der Waals surface area (Å²) in [5.41, 5.74) is 2.47. The predicted octanol–water partition coefficient (Wildman–Crippen LogP) is 3.09. The van der Waals surface area contributed by atoms with Crippen LogP contribution in [0.3, 0.4) is 0 Å². The molecular formula is C22H24N6O3S. The highest BCUT2D eigenvalue weighted by Gasteiger charge is 2.19. The molecule has 0 atom stereocenters. The minimum absolute atomic E-state index is 0.0754. The lowest BCUT2D eigenvalue weighted by molar-refractivity contribution is 0.122. The monoisotopic (exact) mass is 452 g/mol. The van der Waals surface area contributed by atoms with E-state index in [1.807, 2.05) is 12.1 Å². The maximum atomic E-state index is 13.0. The van der Waals surface area contributed by atoms with Crippen LogP contribution in [-0.4, -0.2) is 51.0 Å². The van der Waals surface area contributed by atoms with E-state index in [1.165, 1.54) is 27.8 Å². The van der Waals surface area contributed by atoms with E-state index in [4.69, 9.17) is 9.26 Å². The van der Waals surface area contributed by atoms with Crippen molar-refractivity contribution in [3.63, 3.8) is 0 Å². The standard InChI is InChI=1S/C22H24N6O3S/c1-22(2,3)15-6-4-14(5-7-15)18-24-16(31-26-18)12-28-13-23-19-17(20(28)29)32-21(25-19)27-8-10-30-11-9-27/h4-7,13H,8-12H2,1-3H3. The quantitative estimate of drug-likeness (QED) is 0.466. The molecule has 0 unspecified atom stereocenters. The number of thiazole rings is 1. The SMILES string of the molecule is CC(C)(C)c1ccc(-c2noc(Cn3cnc4nc(N5CCOCC5)sc4c3=O)n2)cc1. The number of aromatic nitrogens is 5. The summed E-state index contributed by atoms with van der Waals surface area (Å²) in [6.07, 6.45) is 1.48. The van der Waals surface area contributed by atoms with Crippen molar-refractivity contribution in [1.82, 2.24) is 24.7 Å². The van der Waals surface area contributed by atoms with Gasteiger partial charge in [0.25, 0.3) is 5.56 Å². The summed E-state index contributed by atoms with van der Waals surface area (Å²) in [5, 5.41) is 4.88. The molecule has 3 aromatic heterocycles. The normalized spacial score (nSPS) is 14.9. The fourth-order valence-corrected chi connectivity index (χ4v) is 4.56. The zero-order valence-electron chi connectivity index (χ0n) is 18.2. The maximum Gasteiger partial charge on any atom is 0.273 e. The summed E-state index contributed by atoms with van der Waals surface area (Å²) < 4.78 is 12.8. The molecule has 10 heteroatoms. The number of anilines is 1. The first kappa shape index (κ1) is 20.8. The van der Waals surface area contributed by atoms with E-state index >= 15 is 0 Å². The zero-order chi connectivity index (χ0) is 22.3. The van der Waals surface area contributed by atoms with Gasteiger partial charge in [-0.15, -0.1) is 0 Å². The molecule has 1 aromatic carbocycles. The second kappa shape index (κ2) is 8.10. The summed E-state index contributed by atoms with van der Waals surface area (Å²) in [6, 6.07) is 8.12. The Morgan fingerprint density at radius 1 is 1.09 bits per heavy atom. The Labute approximate surface area is 188 Å². The number of benzene rings is 1. The highest BCUT2D eigenvalue weighted by Crippen LogP contribution is 2.27. The summed E-state index contributed by atoms with van der Waals surface area (Å²) in [4.78, 5) is 28.5. The fraction of sp³-hybridized carbons (Fsp3) is 0.409. The van der Waals surface area contributed by atoms with Crippen LogP contribution in [0.4, 0.5) is 5.13 Å². The van der Waals surface area contributed by atoms with Gasteiger partial charge in [0.1, 0.15) is 17.6 Å².